The third kappa shape index (κ3) is 21.5. The molecule has 10 unspecified atom stereocenters. The van der Waals surface area contributed by atoms with E-state index in [0.717, 1.165) is 66.6 Å². The molecule has 644 valence electrons. The quantitative estimate of drug-likeness (QED) is 0.0221. The number of azide groups is 1. The highest BCUT2D eigenvalue weighted by Crippen LogP contribution is 2.49. The standard InChI is InChI=1S/C81H88Cl4N12O24/c1-34(2)22-50(88-6)74(108)95-64-66(102)40-14-20-54(48(84)25-40)117-56-8-7-9-57(70(56)121-80-71(69(105)68(104)58(119-80)32-90-97-87)120-60-30-81(5,72(106)36(4)116-60)89-31-37-10-16-43(17-11-37)115-33-38-12-18-46(82)47(83)23-38)118-55-21-15-41(26-49(55)85)67(103)65-78(112)94-63(79(113)114)45-27-42(98)28-53(100)61(45)44-24-39(13-19-52(44)99)62(76(110)96-65)93-73(107)35(3)91-75(109)51(29-59(86)101)92-77(64)111/h7-21,23-28,34-36,50-51,58,60,62-69,71-72,80,88-89,98-100,102-106H,22,29-33H2,1-6H3,(H2,86,101)(H,91,109)(H,92,111)(H,93,107)(H,94,112)(H,95,108)(H,96,110)(H,113,114)/t35-,36?,50-,51+,58?,60?,62?,63-,64-,65+,66-,67-,68?,69?,71?,72?,80?,81?/m1/s1. The van der Waals surface area contributed by atoms with Crippen LogP contribution in [0.3, 0.4) is 0 Å². The Kier molecular flexibility index (Phi) is 29.4. The number of carbonyl (C=O) groups excluding carboxylic acids is 7. The highest BCUT2D eigenvalue weighted by molar-refractivity contribution is 6.42. The summed E-state index contributed by atoms with van der Waals surface area (Å²) in [5.74, 6) is -14.1. The summed E-state index contributed by atoms with van der Waals surface area (Å²) in [6, 6.07) is 14.5. The van der Waals surface area contributed by atoms with Gasteiger partial charge >= 0.3 is 5.97 Å². The number of hydrogen-bond acceptors (Lipinski definition) is 26. The Hall–Kier alpha value is -11.0. The number of rotatable bonds is 20. The van der Waals surface area contributed by atoms with Crippen LogP contribution in [-0.2, 0) is 65.7 Å². The van der Waals surface area contributed by atoms with Gasteiger partial charge in [-0.1, -0.05) is 108 Å². The van der Waals surface area contributed by atoms with E-state index in [0.29, 0.717) is 15.8 Å². The van der Waals surface area contributed by atoms with E-state index in [9.17, 15) is 80.3 Å². The molecule has 121 heavy (non-hydrogen) atoms. The number of phenols is 3. The highest BCUT2D eigenvalue weighted by Gasteiger charge is 2.52. The predicted octanol–water partition coefficient (Wildman–Crippen LogP) is 6.47. The van der Waals surface area contributed by atoms with Crippen LogP contribution in [0.2, 0.25) is 20.1 Å². The lowest BCUT2D eigenvalue weighted by Gasteiger charge is -2.48. The van der Waals surface area contributed by atoms with Gasteiger partial charge in [-0.25, -0.2) is 4.79 Å². The molecule has 2 fully saturated rings. The van der Waals surface area contributed by atoms with Gasteiger partial charge in [-0.3, -0.25) is 33.6 Å². The van der Waals surface area contributed by atoms with Gasteiger partial charge in [0.1, 0.15) is 95.7 Å². The molecule has 19 N–H and O–H groups in total. The Balaban J connectivity index is 1.01. The van der Waals surface area contributed by atoms with Crippen LogP contribution in [0.25, 0.3) is 21.6 Å². The SMILES string of the molecule is CN[C@H](CC(C)C)C(=O)N[C@H]1C(=O)N[C@@H](CC(N)=O)C(=O)N[C@H](C)C(=O)NC2C(=O)N[C@H](C(=O)N[C@@H](C(=O)O)c3cc(O)cc(O)c3-c3cc2ccc3O)[C@H](O)c2ccc(c(Cl)c2)Oc2cccc(c2OC2OC(CN=[N+]=[N-])C(O)C(O)C2OC2CC(C)(NCc3ccc(OCc4ccc(Cl)c(Cl)c4)cc3)C(O)C(C)O2)Oc2ccc(cc2Cl)[C@H]1O. The van der Waals surface area contributed by atoms with Gasteiger partial charge in [-0.05, 0) is 152 Å². The summed E-state index contributed by atoms with van der Waals surface area (Å²) in [4.78, 5) is 118. The summed E-state index contributed by atoms with van der Waals surface area (Å²) in [5.41, 5.74) is 13.2. The number of carbonyl (C=O) groups is 8. The van der Waals surface area contributed by atoms with Crippen molar-refractivity contribution >= 4 is 93.7 Å². The van der Waals surface area contributed by atoms with Crippen molar-refractivity contribution in [1.29, 1.82) is 0 Å². The molecule has 7 amide bonds. The minimum atomic E-state index is -2.33. The van der Waals surface area contributed by atoms with Crippen molar-refractivity contribution in [3.05, 3.63) is 191 Å². The maximum absolute atomic E-state index is 15.2. The van der Waals surface area contributed by atoms with E-state index in [4.69, 9.17) is 85.3 Å². The van der Waals surface area contributed by atoms with Crippen LogP contribution >= 0.6 is 46.4 Å². The fourth-order valence-corrected chi connectivity index (χ4v) is 15.0. The van der Waals surface area contributed by atoms with Crippen molar-refractivity contribution in [3.63, 3.8) is 0 Å². The van der Waals surface area contributed by atoms with Gasteiger partial charge in [0.2, 0.25) is 53.4 Å². The maximum atomic E-state index is 15.2. The van der Waals surface area contributed by atoms with Crippen LogP contribution in [0.5, 0.6) is 51.7 Å². The molecular weight excluding hydrogens is 1670 g/mol. The van der Waals surface area contributed by atoms with E-state index >= 15 is 9.59 Å². The summed E-state index contributed by atoms with van der Waals surface area (Å²) < 4.78 is 45.1. The number of amides is 7. The van der Waals surface area contributed by atoms with Gasteiger partial charge in [0.15, 0.2) is 29.9 Å². The number of hydrogen-bond donors (Lipinski definition) is 18. The first kappa shape index (κ1) is 90.7. The molecule has 0 aromatic heterocycles. The number of likely N-dealkylation sites (N-methyl/N-ethyl adjacent to an activating group) is 1. The molecule has 6 heterocycles. The Morgan fingerprint density at radius 2 is 1.35 bits per heavy atom. The van der Waals surface area contributed by atoms with Gasteiger partial charge in [-0.15, -0.1) is 0 Å². The largest absolute Gasteiger partial charge is 0.508 e. The van der Waals surface area contributed by atoms with Gasteiger partial charge in [0, 0.05) is 46.2 Å². The van der Waals surface area contributed by atoms with Crippen LogP contribution in [0, 0.1) is 5.92 Å². The number of carboxylic acids is 1. The molecule has 2 saturated heterocycles. The lowest BCUT2D eigenvalue weighted by molar-refractivity contribution is -0.331. The van der Waals surface area contributed by atoms with Crippen LogP contribution in [0.4, 0.5) is 0 Å². The number of aliphatic hydroxyl groups excluding tert-OH is 5. The minimum absolute atomic E-state index is 0.121. The number of para-hydroxylation sites is 1. The molecule has 13 rings (SSSR count). The number of aromatic hydroxyl groups is 3. The number of nitrogens with one attached hydrogen (secondary N) is 8. The van der Waals surface area contributed by atoms with Crippen molar-refractivity contribution in [1.82, 2.24) is 42.5 Å². The van der Waals surface area contributed by atoms with Crippen molar-refractivity contribution in [2.75, 3.05) is 13.6 Å². The second-order valence-corrected chi connectivity index (χ2v) is 31.5. The predicted molar refractivity (Wildman–Crippen MR) is 433 cm³/mol. The van der Waals surface area contributed by atoms with Crippen molar-refractivity contribution in [2.24, 2.45) is 16.8 Å². The summed E-state index contributed by atoms with van der Waals surface area (Å²) in [6.45, 7) is 7.78. The number of aliphatic carboxylic acids is 1. The molecule has 18 atom stereocenters. The average molecular weight is 1760 g/mol. The molecule has 36 nitrogen and oxygen atoms in total. The third-order valence-electron chi connectivity index (χ3n) is 20.7. The van der Waals surface area contributed by atoms with E-state index in [1.165, 1.54) is 43.4 Å². The Morgan fingerprint density at radius 1 is 0.694 bits per heavy atom. The van der Waals surface area contributed by atoms with E-state index in [1.807, 2.05) is 26.0 Å². The van der Waals surface area contributed by atoms with Crippen LogP contribution < -0.4 is 67.2 Å². The number of primary amides is 1. The van der Waals surface area contributed by atoms with Crippen molar-refractivity contribution in [3.8, 4) is 62.9 Å². The topological polar surface area (TPSA) is 554 Å². The number of halogens is 4. The number of aliphatic hydroxyl groups is 5. The number of nitrogens with zero attached hydrogens (tertiary/aromatic N) is 3. The number of phenolic OH excluding ortho intramolecular Hbond substituents is 3. The number of nitrogens with two attached hydrogens (primary N) is 1. The number of fused-ring (bicyclic) bond motifs is 6. The zero-order chi connectivity index (χ0) is 87.7. The number of ether oxygens (including phenoxy) is 7. The number of carboxylic acid groups (broad SMARTS) is 1. The molecule has 0 saturated carbocycles. The monoisotopic (exact) mass is 1750 g/mol. The van der Waals surface area contributed by atoms with Gasteiger partial charge < -0.3 is 127 Å². The molecule has 0 spiro atoms. The first-order valence-corrected chi connectivity index (χ1v) is 39.4. The zero-order valence-corrected chi connectivity index (χ0v) is 68.4. The summed E-state index contributed by atoms with van der Waals surface area (Å²) >= 11 is 26.5. The smallest absolute Gasteiger partial charge is 0.330 e. The van der Waals surface area contributed by atoms with E-state index in [1.54, 1.807) is 44.2 Å². The Bertz CT molecular complexity index is 5110. The Labute approximate surface area is 710 Å². The molecule has 10 bridgehead atoms. The second-order valence-electron chi connectivity index (χ2n) is 29.9. The van der Waals surface area contributed by atoms with Crippen LogP contribution in [0.1, 0.15) is 112 Å². The molecule has 7 aromatic carbocycles. The molecule has 6 aliphatic heterocycles. The molecular formula is C81H88Cl4N12O24. The lowest BCUT2D eigenvalue weighted by Crippen LogP contribution is -2.65. The van der Waals surface area contributed by atoms with Crippen LogP contribution in [0.15, 0.2) is 133 Å². The molecule has 7 aromatic rings. The summed E-state index contributed by atoms with van der Waals surface area (Å²) in [6.07, 6.45) is -18.1. The second kappa shape index (κ2) is 39.2. The maximum Gasteiger partial charge on any atom is 0.330 e. The third-order valence-corrected chi connectivity index (χ3v) is 22.0. The minimum Gasteiger partial charge on any atom is -0.508 e. The Morgan fingerprint density at radius 3 is 1.97 bits per heavy atom. The van der Waals surface area contributed by atoms with E-state index in [2.05, 4.69) is 52.6 Å². The van der Waals surface area contributed by atoms with Gasteiger partial charge in [0.05, 0.1) is 57.4 Å². The molecule has 0 aliphatic carbocycles. The molecule has 40 heteroatoms. The normalized spacial score (nSPS) is 26.2. The fourth-order valence-electron chi connectivity index (χ4n) is 14.2. The average Bonchev–Trinajstić information content (AvgIpc) is 0.768. The first-order chi connectivity index (χ1) is 57.4. The molecule has 6 aliphatic rings. The van der Waals surface area contributed by atoms with Gasteiger partial charge in [0.25, 0.3) is 0 Å². The van der Waals surface area contributed by atoms with Gasteiger partial charge in [-0.2, -0.15) is 0 Å². The first-order valence-electron chi connectivity index (χ1n) is 37.9. The zero-order valence-electron chi connectivity index (χ0n) is 65.3. The van der Waals surface area contributed by atoms with Crippen LogP contribution in [-0.4, -0.2) is 192 Å². The van der Waals surface area contributed by atoms with E-state index < -0.39 is 214 Å². The fraction of sp³-hybridized carbons (Fsp3) is 0.383. The number of benzene rings is 7. The highest BCUT2D eigenvalue weighted by atomic mass is 35.5. The van der Waals surface area contributed by atoms with Crippen molar-refractivity contribution < 1.29 is 117 Å². The van der Waals surface area contributed by atoms with E-state index in [-0.39, 0.29) is 76.6 Å². The summed E-state index contributed by atoms with van der Waals surface area (Å²) in [7, 11) is 1.47. The molecule has 0 radical (unpaired) electrons. The summed E-state index contributed by atoms with van der Waals surface area (Å²) in [5, 5.41) is 130. The van der Waals surface area contributed by atoms with Crippen molar-refractivity contribution in [2.45, 2.75) is 176 Å². The lowest BCUT2D eigenvalue weighted by atomic mass is 9.84.